The van der Waals surface area contributed by atoms with Gasteiger partial charge in [-0.2, -0.15) is 0 Å². The standard InChI is InChI=1S/C8H14O2/c1-6(2)7-3-4-8(9)10-5-7/h6-7H,3-5H2,1-2H3. The molecule has 0 N–H and O–H groups in total. The normalized spacial score (nSPS) is 26.7. The van der Waals surface area contributed by atoms with Gasteiger partial charge in [0.15, 0.2) is 0 Å². The van der Waals surface area contributed by atoms with Gasteiger partial charge < -0.3 is 4.74 Å². The van der Waals surface area contributed by atoms with Crippen LogP contribution in [-0.4, -0.2) is 12.6 Å². The first kappa shape index (κ1) is 7.58. The zero-order chi connectivity index (χ0) is 7.56. The molecule has 1 rings (SSSR count). The van der Waals surface area contributed by atoms with Gasteiger partial charge in [0.25, 0.3) is 0 Å². The topological polar surface area (TPSA) is 26.3 Å². The van der Waals surface area contributed by atoms with Crippen LogP contribution >= 0.6 is 0 Å². The van der Waals surface area contributed by atoms with E-state index in [1.165, 1.54) is 0 Å². The Morgan fingerprint density at radius 2 is 2.30 bits per heavy atom. The smallest absolute Gasteiger partial charge is 0.305 e. The molecule has 0 bridgehead atoms. The minimum Gasteiger partial charge on any atom is -0.465 e. The molecule has 0 radical (unpaired) electrons. The lowest BCUT2D eigenvalue weighted by molar-refractivity contribution is -0.150. The fourth-order valence-electron chi connectivity index (χ4n) is 1.18. The summed E-state index contributed by atoms with van der Waals surface area (Å²) in [7, 11) is 0. The van der Waals surface area contributed by atoms with Gasteiger partial charge in [-0.05, 0) is 18.3 Å². The summed E-state index contributed by atoms with van der Waals surface area (Å²) in [5, 5.41) is 0. The molecule has 2 heteroatoms. The van der Waals surface area contributed by atoms with Gasteiger partial charge in [0.1, 0.15) is 0 Å². The van der Waals surface area contributed by atoms with Crippen LogP contribution in [0, 0.1) is 11.8 Å². The highest BCUT2D eigenvalue weighted by Crippen LogP contribution is 2.21. The summed E-state index contributed by atoms with van der Waals surface area (Å²) in [6.07, 6.45) is 1.62. The average Bonchev–Trinajstić information content (AvgIpc) is 1.88. The Morgan fingerprint density at radius 1 is 1.60 bits per heavy atom. The molecule has 1 atom stereocenters. The second-order valence-corrected chi connectivity index (χ2v) is 3.23. The van der Waals surface area contributed by atoms with Crippen molar-refractivity contribution in [3.63, 3.8) is 0 Å². The number of carbonyl (C=O) groups is 1. The van der Waals surface area contributed by atoms with Crippen LogP contribution in [0.4, 0.5) is 0 Å². The summed E-state index contributed by atoms with van der Waals surface area (Å²) in [4.78, 5) is 10.6. The third-order valence-electron chi connectivity index (χ3n) is 2.12. The van der Waals surface area contributed by atoms with Crippen LogP contribution in [0.2, 0.25) is 0 Å². The number of hydrogen-bond acceptors (Lipinski definition) is 2. The summed E-state index contributed by atoms with van der Waals surface area (Å²) in [6, 6.07) is 0. The predicted octanol–water partition coefficient (Wildman–Crippen LogP) is 1.60. The number of cyclic esters (lactones) is 1. The molecule has 1 saturated heterocycles. The van der Waals surface area contributed by atoms with Crippen molar-refractivity contribution in [3.05, 3.63) is 0 Å². The van der Waals surface area contributed by atoms with Crippen molar-refractivity contribution >= 4 is 5.97 Å². The molecule has 58 valence electrons. The maximum absolute atomic E-state index is 10.6. The molecule has 0 saturated carbocycles. The highest BCUT2D eigenvalue weighted by atomic mass is 16.5. The summed E-state index contributed by atoms with van der Waals surface area (Å²) in [6.45, 7) is 4.98. The monoisotopic (exact) mass is 142 g/mol. The van der Waals surface area contributed by atoms with Crippen LogP contribution in [0.25, 0.3) is 0 Å². The lowest BCUT2D eigenvalue weighted by Crippen LogP contribution is -2.25. The fraction of sp³-hybridized carbons (Fsp3) is 0.875. The van der Waals surface area contributed by atoms with Crippen LogP contribution in [0.1, 0.15) is 26.7 Å². The molecule has 1 unspecified atom stereocenters. The van der Waals surface area contributed by atoms with Crippen molar-refractivity contribution in [2.45, 2.75) is 26.7 Å². The summed E-state index contributed by atoms with van der Waals surface area (Å²) in [5.41, 5.74) is 0. The van der Waals surface area contributed by atoms with Gasteiger partial charge >= 0.3 is 5.97 Å². The Kier molecular flexibility index (Phi) is 2.30. The molecule has 1 fully saturated rings. The van der Waals surface area contributed by atoms with Crippen molar-refractivity contribution in [2.75, 3.05) is 6.61 Å². The van der Waals surface area contributed by atoms with Crippen molar-refractivity contribution < 1.29 is 9.53 Å². The number of rotatable bonds is 1. The Morgan fingerprint density at radius 3 is 2.70 bits per heavy atom. The van der Waals surface area contributed by atoms with Crippen molar-refractivity contribution in [1.82, 2.24) is 0 Å². The van der Waals surface area contributed by atoms with Crippen molar-refractivity contribution in [2.24, 2.45) is 11.8 Å². The molecule has 0 aromatic heterocycles. The van der Waals surface area contributed by atoms with E-state index in [9.17, 15) is 4.79 Å². The first-order valence-electron chi connectivity index (χ1n) is 3.86. The SMILES string of the molecule is CC(C)C1CCC(=O)OC1. The molecular formula is C8H14O2. The quantitative estimate of drug-likeness (QED) is 0.520. The second-order valence-electron chi connectivity index (χ2n) is 3.23. The maximum Gasteiger partial charge on any atom is 0.305 e. The van der Waals surface area contributed by atoms with E-state index in [0.29, 0.717) is 24.9 Å². The molecule has 2 nitrogen and oxygen atoms in total. The van der Waals surface area contributed by atoms with Gasteiger partial charge in [-0.3, -0.25) is 4.79 Å². The van der Waals surface area contributed by atoms with E-state index in [4.69, 9.17) is 4.74 Å². The highest BCUT2D eigenvalue weighted by Gasteiger charge is 2.21. The third-order valence-corrected chi connectivity index (χ3v) is 2.12. The summed E-state index contributed by atoms with van der Waals surface area (Å²) < 4.78 is 4.91. The van der Waals surface area contributed by atoms with Gasteiger partial charge in [0.05, 0.1) is 6.61 Å². The van der Waals surface area contributed by atoms with Gasteiger partial charge in [-0.25, -0.2) is 0 Å². The lowest BCUT2D eigenvalue weighted by Gasteiger charge is -2.24. The van der Waals surface area contributed by atoms with Crippen molar-refractivity contribution in [3.8, 4) is 0 Å². The van der Waals surface area contributed by atoms with E-state index in [2.05, 4.69) is 13.8 Å². The number of carbonyl (C=O) groups excluding carboxylic acids is 1. The molecule has 1 heterocycles. The molecule has 1 aliphatic heterocycles. The van der Waals surface area contributed by atoms with Gasteiger partial charge in [-0.15, -0.1) is 0 Å². The van der Waals surface area contributed by atoms with Gasteiger partial charge in [-0.1, -0.05) is 13.8 Å². The van der Waals surface area contributed by atoms with Crippen molar-refractivity contribution in [1.29, 1.82) is 0 Å². The van der Waals surface area contributed by atoms with Crippen LogP contribution < -0.4 is 0 Å². The highest BCUT2D eigenvalue weighted by molar-refractivity contribution is 5.69. The van der Waals surface area contributed by atoms with Crippen LogP contribution in [0.5, 0.6) is 0 Å². The maximum atomic E-state index is 10.6. The van der Waals surface area contributed by atoms with Crippen LogP contribution in [0.15, 0.2) is 0 Å². The summed E-state index contributed by atoms with van der Waals surface area (Å²) >= 11 is 0. The van der Waals surface area contributed by atoms with E-state index < -0.39 is 0 Å². The number of ether oxygens (including phenoxy) is 1. The Labute approximate surface area is 61.6 Å². The van der Waals surface area contributed by atoms with E-state index in [1.807, 2.05) is 0 Å². The molecule has 0 amide bonds. The van der Waals surface area contributed by atoms with Crippen LogP contribution in [0.3, 0.4) is 0 Å². The third kappa shape index (κ3) is 1.72. The molecule has 10 heavy (non-hydrogen) atoms. The first-order valence-corrected chi connectivity index (χ1v) is 3.86. The van der Waals surface area contributed by atoms with Gasteiger partial charge in [0.2, 0.25) is 0 Å². The lowest BCUT2D eigenvalue weighted by atomic mass is 9.91. The Balaban J connectivity index is 2.33. The Hall–Kier alpha value is -0.530. The minimum absolute atomic E-state index is 0.0306. The molecular weight excluding hydrogens is 128 g/mol. The summed E-state index contributed by atoms with van der Waals surface area (Å²) in [5.74, 6) is 1.21. The molecule has 0 spiro atoms. The molecule has 0 aromatic carbocycles. The fourth-order valence-corrected chi connectivity index (χ4v) is 1.18. The van der Waals surface area contributed by atoms with E-state index in [0.717, 1.165) is 6.42 Å². The van der Waals surface area contributed by atoms with Gasteiger partial charge in [0, 0.05) is 6.42 Å². The van der Waals surface area contributed by atoms with Crippen LogP contribution in [-0.2, 0) is 9.53 Å². The molecule has 0 aromatic rings. The van der Waals surface area contributed by atoms with E-state index in [1.54, 1.807) is 0 Å². The second kappa shape index (κ2) is 3.04. The van der Waals surface area contributed by atoms with E-state index >= 15 is 0 Å². The predicted molar refractivity (Wildman–Crippen MR) is 38.5 cm³/mol. The molecule has 0 aliphatic carbocycles. The number of hydrogen-bond donors (Lipinski definition) is 0. The largest absolute Gasteiger partial charge is 0.465 e. The minimum atomic E-state index is -0.0306. The number of esters is 1. The first-order chi connectivity index (χ1) is 4.70. The average molecular weight is 142 g/mol. The zero-order valence-corrected chi connectivity index (χ0v) is 6.59. The molecule has 1 aliphatic rings. The van der Waals surface area contributed by atoms with E-state index in [-0.39, 0.29) is 5.97 Å². The zero-order valence-electron chi connectivity index (χ0n) is 6.59. The Bertz CT molecular complexity index is 119.